The number of anilines is 1. The van der Waals surface area contributed by atoms with E-state index in [-0.39, 0.29) is 10.6 Å². The highest BCUT2D eigenvalue weighted by Crippen LogP contribution is 2.26. The molecule has 0 aliphatic heterocycles. The third-order valence-electron chi connectivity index (χ3n) is 5.69. The number of para-hydroxylation sites is 1. The normalized spacial score (nSPS) is 11.6. The lowest BCUT2D eigenvalue weighted by Crippen LogP contribution is -2.39. The molecule has 3 aromatic carbocycles. The van der Waals surface area contributed by atoms with Gasteiger partial charge in [0.05, 0.1) is 27.5 Å². The van der Waals surface area contributed by atoms with Gasteiger partial charge in [-0.2, -0.15) is 5.10 Å². The van der Waals surface area contributed by atoms with Gasteiger partial charge in [0.25, 0.3) is 15.9 Å². The van der Waals surface area contributed by atoms with Crippen LogP contribution < -0.4 is 9.73 Å². The topological polar surface area (TPSA) is 83.8 Å². The standard InChI is InChI=1S/C27H24ClFN4O3S/c1-19-16-21(20(2)33(19)26-11-7-6-10-25(26)28)17-30-31-27(34)18-32(23-14-12-22(29)13-15-23)37(35,36)24-8-4-3-5-9-24/h3-17H,18H2,1-2H3,(H,31,34)/b30-17-. The van der Waals surface area contributed by atoms with Crippen molar-refractivity contribution in [3.63, 3.8) is 0 Å². The van der Waals surface area contributed by atoms with Crippen molar-refractivity contribution < 1.29 is 17.6 Å². The minimum Gasteiger partial charge on any atom is -0.316 e. The van der Waals surface area contributed by atoms with Crippen molar-refractivity contribution in [2.75, 3.05) is 10.8 Å². The summed E-state index contributed by atoms with van der Waals surface area (Å²) in [6.45, 7) is 3.28. The summed E-state index contributed by atoms with van der Waals surface area (Å²) >= 11 is 6.36. The number of halogens is 2. The molecule has 0 aliphatic carbocycles. The number of hydrogen-bond acceptors (Lipinski definition) is 4. The number of benzene rings is 3. The largest absolute Gasteiger partial charge is 0.316 e. The average molecular weight is 539 g/mol. The van der Waals surface area contributed by atoms with Gasteiger partial charge in [-0.25, -0.2) is 18.2 Å². The first-order valence-electron chi connectivity index (χ1n) is 11.3. The monoisotopic (exact) mass is 538 g/mol. The van der Waals surface area contributed by atoms with E-state index >= 15 is 0 Å². The quantitative estimate of drug-likeness (QED) is 0.246. The van der Waals surface area contributed by atoms with Gasteiger partial charge in [-0.3, -0.25) is 9.10 Å². The molecule has 0 unspecified atom stereocenters. The van der Waals surface area contributed by atoms with Crippen LogP contribution in [0.3, 0.4) is 0 Å². The molecule has 1 N–H and O–H groups in total. The number of hydrazone groups is 1. The Kier molecular flexibility index (Phi) is 7.75. The van der Waals surface area contributed by atoms with E-state index in [0.29, 0.717) is 5.02 Å². The highest BCUT2D eigenvalue weighted by Gasteiger charge is 2.27. The first-order valence-corrected chi connectivity index (χ1v) is 13.1. The van der Waals surface area contributed by atoms with Crippen LogP contribution in [-0.4, -0.2) is 31.7 Å². The van der Waals surface area contributed by atoms with E-state index in [9.17, 15) is 17.6 Å². The zero-order valence-corrected chi connectivity index (χ0v) is 21.7. The molecular weight excluding hydrogens is 515 g/mol. The van der Waals surface area contributed by atoms with Crippen LogP contribution in [0.15, 0.2) is 94.9 Å². The fourth-order valence-corrected chi connectivity index (χ4v) is 5.57. The molecule has 0 saturated heterocycles. The Hall–Kier alpha value is -3.95. The Balaban J connectivity index is 1.55. The fourth-order valence-electron chi connectivity index (χ4n) is 3.90. The Morgan fingerprint density at radius 1 is 1.03 bits per heavy atom. The summed E-state index contributed by atoms with van der Waals surface area (Å²) in [6, 6.07) is 21.9. The van der Waals surface area contributed by atoms with Crippen LogP contribution in [0.1, 0.15) is 17.0 Å². The van der Waals surface area contributed by atoms with Crippen LogP contribution in [0.25, 0.3) is 5.69 Å². The number of rotatable bonds is 8. The molecule has 7 nitrogen and oxygen atoms in total. The molecule has 0 saturated carbocycles. The zero-order valence-electron chi connectivity index (χ0n) is 20.1. The van der Waals surface area contributed by atoms with Crippen molar-refractivity contribution in [3.05, 3.63) is 113 Å². The number of aromatic nitrogens is 1. The number of amides is 1. The van der Waals surface area contributed by atoms with Crippen molar-refractivity contribution in [2.24, 2.45) is 5.10 Å². The van der Waals surface area contributed by atoms with E-state index in [2.05, 4.69) is 10.5 Å². The summed E-state index contributed by atoms with van der Waals surface area (Å²) in [5, 5.41) is 4.63. The molecule has 1 aromatic heterocycles. The van der Waals surface area contributed by atoms with Gasteiger partial charge < -0.3 is 4.57 Å². The molecule has 4 rings (SSSR count). The third kappa shape index (κ3) is 5.73. The van der Waals surface area contributed by atoms with Gasteiger partial charge in [0.2, 0.25) is 0 Å². The number of nitrogens with one attached hydrogen (secondary N) is 1. The second kappa shape index (κ2) is 11.0. The number of sulfonamides is 1. The summed E-state index contributed by atoms with van der Waals surface area (Å²) in [5.41, 5.74) is 5.90. The minimum atomic E-state index is -4.10. The van der Waals surface area contributed by atoms with Crippen molar-refractivity contribution in [1.82, 2.24) is 9.99 Å². The van der Waals surface area contributed by atoms with E-state index in [1.807, 2.05) is 42.7 Å². The van der Waals surface area contributed by atoms with Gasteiger partial charge in [-0.1, -0.05) is 41.9 Å². The predicted octanol–water partition coefficient (Wildman–Crippen LogP) is 5.23. The van der Waals surface area contributed by atoms with E-state index in [1.165, 1.54) is 30.5 Å². The average Bonchev–Trinajstić information content (AvgIpc) is 3.16. The van der Waals surface area contributed by atoms with Gasteiger partial charge in [0.1, 0.15) is 12.4 Å². The highest BCUT2D eigenvalue weighted by atomic mass is 35.5. The van der Waals surface area contributed by atoms with Gasteiger partial charge in [-0.05, 0) is 68.4 Å². The SMILES string of the molecule is Cc1cc(/C=N\NC(=O)CN(c2ccc(F)cc2)S(=O)(=O)c2ccccc2)c(C)n1-c1ccccc1Cl. The van der Waals surface area contributed by atoms with Crippen LogP contribution in [0.4, 0.5) is 10.1 Å². The van der Waals surface area contributed by atoms with Crippen molar-refractivity contribution in [3.8, 4) is 5.69 Å². The van der Waals surface area contributed by atoms with Gasteiger partial charge in [0, 0.05) is 17.0 Å². The summed E-state index contributed by atoms with van der Waals surface area (Å²) in [4.78, 5) is 12.8. The first-order chi connectivity index (χ1) is 17.7. The molecule has 4 aromatic rings. The van der Waals surface area contributed by atoms with Crippen LogP contribution >= 0.6 is 11.6 Å². The molecule has 0 aliphatic rings. The summed E-state index contributed by atoms with van der Waals surface area (Å²) in [6.07, 6.45) is 1.49. The lowest BCUT2D eigenvalue weighted by Gasteiger charge is -2.23. The molecule has 1 amide bonds. The van der Waals surface area contributed by atoms with Crippen molar-refractivity contribution in [1.29, 1.82) is 0 Å². The predicted molar refractivity (Wildman–Crippen MR) is 143 cm³/mol. The number of aryl methyl sites for hydroxylation is 1. The molecule has 10 heteroatoms. The maximum absolute atomic E-state index is 13.5. The molecular formula is C27H24ClFN4O3S. The van der Waals surface area contributed by atoms with Gasteiger partial charge in [-0.15, -0.1) is 0 Å². The maximum atomic E-state index is 13.5. The lowest BCUT2D eigenvalue weighted by molar-refractivity contribution is -0.119. The Morgan fingerprint density at radius 3 is 2.35 bits per heavy atom. The molecule has 37 heavy (non-hydrogen) atoms. The van der Waals surface area contributed by atoms with Crippen LogP contribution in [-0.2, 0) is 14.8 Å². The van der Waals surface area contributed by atoms with E-state index < -0.39 is 28.3 Å². The number of hydrogen-bond donors (Lipinski definition) is 1. The number of nitrogens with zero attached hydrogens (tertiary/aromatic N) is 3. The zero-order chi connectivity index (χ0) is 26.6. The summed E-state index contributed by atoms with van der Waals surface area (Å²) in [7, 11) is -4.10. The van der Waals surface area contributed by atoms with Crippen LogP contribution in [0, 0.1) is 19.7 Å². The molecule has 0 spiro atoms. The Morgan fingerprint density at radius 2 is 1.68 bits per heavy atom. The smallest absolute Gasteiger partial charge is 0.264 e. The molecule has 0 fully saturated rings. The second-order valence-corrected chi connectivity index (χ2v) is 10.5. The second-order valence-electron chi connectivity index (χ2n) is 8.21. The maximum Gasteiger partial charge on any atom is 0.264 e. The van der Waals surface area contributed by atoms with Crippen LogP contribution in [0.2, 0.25) is 5.02 Å². The molecule has 0 atom stereocenters. The van der Waals surface area contributed by atoms with Crippen LogP contribution in [0.5, 0.6) is 0 Å². The molecule has 0 bridgehead atoms. The Bertz CT molecular complexity index is 1550. The van der Waals surface area contributed by atoms with Gasteiger partial charge in [0.15, 0.2) is 0 Å². The summed E-state index contributed by atoms with van der Waals surface area (Å²) < 4.78 is 43.0. The summed E-state index contributed by atoms with van der Waals surface area (Å²) in [5.74, 6) is -1.19. The number of carbonyl (C=O) groups is 1. The van der Waals surface area contributed by atoms with E-state index in [1.54, 1.807) is 24.3 Å². The van der Waals surface area contributed by atoms with Gasteiger partial charge >= 0.3 is 0 Å². The van der Waals surface area contributed by atoms with Crippen molar-refractivity contribution in [2.45, 2.75) is 18.7 Å². The molecule has 0 radical (unpaired) electrons. The lowest BCUT2D eigenvalue weighted by atomic mass is 10.2. The third-order valence-corrected chi connectivity index (χ3v) is 7.80. The molecule has 1 heterocycles. The minimum absolute atomic E-state index is 0.00244. The van der Waals surface area contributed by atoms with Crippen molar-refractivity contribution >= 4 is 39.4 Å². The first kappa shape index (κ1) is 26.1. The fraction of sp³-hybridized carbons (Fsp3) is 0.111. The van der Waals surface area contributed by atoms with E-state index in [0.717, 1.165) is 39.1 Å². The Labute approximate surface area is 219 Å². The highest BCUT2D eigenvalue weighted by molar-refractivity contribution is 7.92. The molecule has 190 valence electrons. The van der Waals surface area contributed by atoms with E-state index in [4.69, 9.17) is 11.6 Å². The number of carbonyl (C=O) groups excluding carboxylic acids is 1.